The van der Waals surface area contributed by atoms with Crippen molar-refractivity contribution in [2.45, 2.75) is 97.9 Å². The Hall–Kier alpha value is -2.65. The van der Waals surface area contributed by atoms with Crippen molar-refractivity contribution in [2.75, 3.05) is 0 Å². The highest BCUT2D eigenvalue weighted by molar-refractivity contribution is 6.65. The van der Waals surface area contributed by atoms with Gasteiger partial charge in [-0.05, 0) is 86.8 Å². The highest BCUT2D eigenvalue weighted by atomic mass is 16.7. The number of fused-ring (bicyclic) bond motifs is 1. The summed E-state index contributed by atoms with van der Waals surface area (Å²) < 4.78 is 25.8. The van der Waals surface area contributed by atoms with Crippen molar-refractivity contribution in [1.82, 2.24) is 14.7 Å². The van der Waals surface area contributed by atoms with Gasteiger partial charge in [0.2, 0.25) is 0 Å². The second kappa shape index (κ2) is 7.67. The maximum absolute atomic E-state index is 13.5. The van der Waals surface area contributed by atoms with Gasteiger partial charge >= 0.3 is 13.2 Å². The van der Waals surface area contributed by atoms with Crippen LogP contribution in [0.5, 0.6) is 0 Å². The summed E-state index contributed by atoms with van der Waals surface area (Å²) in [4.78, 5) is 18.5. The summed E-state index contributed by atoms with van der Waals surface area (Å²) in [5, 5.41) is 4.14. The summed E-state index contributed by atoms with van der Waals surface area (Å²) in [7, 11) is -0.642. The van der Waals surface area contributed by atoms with Crippen LogP contribution in [0.15, 0.2) is 16.7 Å². The lowest BCUT2D eigenvalue weighted by molar-refractivity contribution is 0.00578. The molecular formula is C26H34BN3O5. The zero-order chi connectivity index (χ0) is 25.5. The van der Waals surface area contributed by atoms with E-state index < -0.39 is 30.0 Å². The minimum absolute atomic E-state index is 0.226. The molecule has 186 valence electrons. The first kappa shape index (κ1) is 24.1. The van der Waals surface area contributed by atoms with E-state index in [1.54, 1.807) is 4.57 Å². The standard InChI is InChI=1S/C26H34BN3O5/c1-14-20(15(2)33-29-14)17-12-18(27-34-25(6,7)26(8,9)35-27)21-19(13-17)30(22(28-21)16-10-11-16)23(31)32-24(3,4)5/h12-13,16H,10-11H2,1-9H3. The third-order valence-corrected chi connectivity index (χ3v) is 7.16. The van der Waals surface area contributed by atoms with Crippen LogP contribution >= 0.6 is 0 Å². The number of hydrogen-bond acceptors (Lipinski definition) is 7. The van der Waals surface area contributed by atoms with Gasteiger partial charge in [0.15, 0.2) is 0 Å². The summed E-state index contributed by atoms with van der Waals surface area (Å²) in [5.74, 6) is 1.65. The van der Waals surface area contributed by atoms with E-state index in [-0.39, 0.29) is 5.92 Å². The zero-order valence-electron chi connectivity index (χ0n) is 22.1. The molecule has 0 atom stereocenters. The largest absolute Gasteiger partial charge is 0.497 e. The minimum atomic E-state index is -0.642. The van der Waals surface area contributed by atoms with Crippen molar-refractivity contribution in [2.24, 2.45) is 0 Å². The predicted octanol–water partition coefficient (Wildman–Crippen LogP) is 5.27. The number of aryl methyl sites for hydroxylation is 2. The summed E-state index contributed by atoms with van der Waals surface area (Å²) in [5.41, 5.74) is 2.98. The van der Waals surface area contributed by atoms with Crippen molar-refractivity contribution in [3.63, 3.8) is 0 Å². The van der Waals surface area contributed by atoms with Crippen LogP contribution in [0.2, 0.25) is 0 Å². The Morgan fingerprint density at radius 3 is 2.26 bits per heavy atom. The maximum Gasteiger partial charge on any atom is 0.497 e. The van der Waals surface area contributed by atoms with Gasteiger partial charge in [-0.3, -0.25) is 0 Å². The van der Waals surface area contributed by atoms with Gasteiger partial charge in [0, 0.05) is 16.9 Å². The summed E-state index contributed by atoms with van der Waals surface area (Å²) >= 11 is 0. The molecule has 0 bridgehead atoms. The average Bonchev–Trinajstić information content (AvgIpc) is 3.35. The molecule has 0 amide bonds. The van der Waals surface area contributed by atoms with Crippen molar-refractivity contribution >= 4 is 29.7 Å². The van der Waals surface area contributed by atoms with Crippen LogP contribution in [0, 0.1) is 13.8 Å². The summed E-state index contributed by atoms with van der Waals surface area (Å²) in [6, 6.07) is 4.00. The molecule has 5 rings (SSSR count). The third kappa shape index (κ3) is 4.08. The van der Waals surface area contributed by atoms with Crippen LogP contribution in [0.1, 0.15) is 84.5 Å². The topological polar surface area (TPSA) is 88.6 Å². The van der Waals surface area contributed by atoms with Gasteiger partial charge < -0.3 is 18.6 Å². The Labute approximate surface area is 206 Å². The second-order valence-electron chi connectivity index (χ2n) is 11.8. The number of rotatable bonds is 3. The number of hydrogen-bond donors (Lipinski definition) is 0. The first-order valence-electron chi connectivity index (χ1n) is 12.3. The molecule has 9 heteroatoms. The molecule has 0 N–H and O–H groups in total. The lowest BCUT2D eigenvalue weighted by Crippen LogP contribution is -2.41. The summed E-state index contributed by atoms with van der Waals surface area (Å²) in [6.07, 6.45) is 1.56. The summed E-state index contributed by atoms with van der Waals surface area (Å²) in [6.45, 7) is 17.5. The molecule has 2 aliphatic rings. The SMILES string of the molecule is Cc1noc(C)c1-c1cc(B2OC(C)(C)C(C)(C)O2)c2nc(C3CC3)n(C(=O)OC(C)(C)C)c2c1. The van der Waals surface area contributed by atoms with Crippen molar-refractivity contribution in [3.05, 3.63) is 29.4 Å². The fraction of sp³-hybridized carbons (Fsp3) is 0.577. The average molecular weight is 479 g/mol. The Morgan fingerprint density at radius 1 is 1.11 bits per heavy atom. The van der Waals surface area contributed by atoms with E-state index in [9.17, 15) is 4.79 Å². The molecule has 3 aromatic rings. The van der Waals surface area contributed by atoms with Crippen LogP contribution < -0.4 is 5.46 Å². The van der Waals surface area contributed by atoms with E-state index in [0.717, 1.165) is 40.9 Å². The maximum atomic E-state index is 13.5. The highest BCUT2D eigenvalue weighted by Crippen LogP contribution is 2.42. The predicted molar refractivity (Wildman–Crippen MR) is 134 cm³/mol. The monoisotopic (exact) mass is 479 g/mol. The van der Waals surface area contributed by atoms with Gasteiger partial charge in [0.05, 0.1) is 27.9 Å². The molecule has 0 unspecified atom stereocenters. The quantitative estimate of drug-likeness (QED) is 0.473. The number of benzene rings is 1. The van der Waals surface area contributed by atoms with Gasteiger partial charge in [0.25, 0.3) is 0 Å². The zero-order valence-corrected chi connectivity index (χ0v) is 22.1. The normalized spacial score (nSPS) is 19.5. The number of ether oxygens (including phenoxy) is 1. The fourth-order valence-electron chi connectivity index (χ4n) is 4.53. The van der Waals surface area contributed by atoms with Crippen LogP contribution in [-0.4, -0.2) is 44.7 Å². The number of imidazole rings is 1. The van der Waals surface area contributed by atoms with Gasteiger partial charge in [-0.2, -0.15) is 0 Å². The lowest BCUT2D eigenvalue weighted by Gasteiger charge is -2.32. The van der Waals surface area contributed by atoms with E-state index in [0.29, 0.717) is 16.8 Å². The van der Waals surface area contributed by atoms with Crippen molar-refractivity contribution in [1.29, 1.82) is 0 Å². The molecule has 0 spiro atoms. The van der Waals surface area contributed by atoms with Crippen molar-refractivity contribution in [3.8, 4) is 11.1 Å². The van der Waals surface area contributed by atoms with Gasteiger partial charge in [0.1, 0.15) is 17.2 Å². The fourth-order valence-corrected chi connectivity index (χ4v) is 4.53. The van der Waals surface area contributed by atoms with Gasteiger partial charge in [-0.1, -0.05) is 11.2 Å². The number of nitrogens with zero attached hydrogens (tertiary/aromatic N) is 3. The second-order valence-corrected chi connectivity index (χ2v) is 11.8. The Kier molecular flexibility index (Phi) is 5.28. The third-order valence-electron chi connectivity index (χ3n) is 7.16. The Balaban J connectivity index is 1.77. The first-order chi connectivity index (χ1) is 16.2. The molecule has 3 heterocycles. The molecule has 2 aromatic heterocycles. The Bertz CT molecular complexity index is 1290. The number of aromatic nitrogens is 3. The highest BCUT2D eigenvalue weighted by Gasteiger charge is 2.52. The van der Waals surface area contributed by atoms with E-state index in [4.69, 9.17) is 23.6 Å². The van der Waals surface area contributed by atoms with Crippen LogP contribution in [0.25, 0.3) is 22.2 Å². The van der Waals surface area contributed by atoms with E-state index in [1.165, 1.54) is 0 Å². The van der Waals surface area contributed by atoms with Crippen LogP contribution in [0.4, 0.5) is 4.79 Å². The van der Waals surface area contributed by atoms with E-state index in [1.807, 2.05) is 74.4 Å². The van der Waals surface area contributed by atoms with Crippen LogP contribution in [0.3, 0.4) is 0 Å². The molecule has 1 aliphatic heterocycles. The van der Waals surface area contributed by atoms with Gasteiger partial charge in [-0.25, -0.2) is 14.3 Å². The smallest absolute Gasteiger partial charge is 0.443 e. The molecule has 1 aliphatic carbocycles. The van der Waals surface area contributed by atoms with E-state index in [2.05, 4.69) is 5.16 Å². The molecule has 1 aromatic carbocycles. The molecule has 2 fully saturated rings. The minimum Gasteiger partial charge on any atom is -0.443 e. The lowest BCUT2D eigenvalue weighted by atomic mass is 9.76. The van der Waals surface area contributed by atoms with Crippen LogP contribution in [-0.2, 0) is 14.0 Å². The van der Waals surface area contributed by atoms with Gasteiger partial charge in [-0.15, -0.1) is 0 Å². The molecule has 1 saturated heterocycles. The Morgan fingerprint density at radius 2 is 1.74 bits per heavy atom. The first-order valence-corrected chi connectivity index (χ1v) is 12.3. The number of carbonyl (C=O) groups excluding carboxylic acids is 1. The molecule has 0 radical (unpaired) electrons. The van der Waals surface area contributed by atoms with E-state index >= 15 is 0 Å². The van der Waals surface area contributed by atoms with Crippen molar-refractivity contribution < 1.29 is 23.4 Å². The molecule has 8 nitrogen and oxygen atoms in total. The molecular weight excluding hydrogens is 445 g/mol. The molecule has 1 saturated carbocycles. The number of carbonyl (C=O) groups is 1. The molecule has 35 heavy (non-hydrogen) atoms.